The van der Waals surface area contributed by atoms with Crippen molar-refractivity contribution >= 4 is 11.1 Å². The lowest BCUT2D eigenvalue weighted by Crippen LogP contribution is -2.35. The highest BCUT2D eigenvalue weighted by Gasteiger charge is 2.31. The van der Waals surface area contributed by atoms with E-state index in [0.717, 1.165) is 64.3 Å². The molecule has 2 heterocycles. The van der Waals surface area contributed by atoms with E-state index in [9.17, 15) is 10.2 Å². The first-order valence-electron chi connectivity index (χ1n) is 12.8. The summed E-state index contributed by atoms with van der Waals surface area (Å²) in [6.45, 7) is 11.8. The Morgan fingerprint density at radius 1 is 0.944 bits per heavy atom. The van der Waals surface area contributed by atoms with Gasteiger partial charge in [-0.2, -0.15) is 0 Å². The molecular formula is C31H35NO4. The first-order chi connectivity index (χ1) is 17.3. The molecule has 36 heavy (non-hydrogen) atoms. The Kier molecular flexibility index (Phi) is 6.67. The quantitative estimate of drug-likeness (QED) is 0.416. The van der Waals surface area contributed by atoms with Crippen LogP contribution in [0.3, 0.4) is 0 Å². The van der Waals surface area contributed by atoms with Gasteiger partial charge in [-0.05, 0) is 84.8 Å². The highest BCUT2D eigenvalue weighted by molar-refractivity contribution is 5.95. The van der Waals surface area contributed by atoms with Crippen LogP contribution in [0.1, 0.15) is 50.5 Å². The Hall–Kier alpha value is -3.44. The van der Waals surface area contributed by atoms with E-state index >= 15 is 0 Å². The molecule has 3 aromatic carbocycles. The number of hydrogen-bond acceptors (Lipinski definition) is 5. The van der Waals surface area contributed by atoms with Gasteiger partial charge < -0.3 is 19.7 Å². The van der Waals surface area contributed by atoms with Crippen LogP contribution in [-0.4, -0.2) is 40.9 Å². The van der Waals surface area contributed by atoms with Crippen LogP contribution in [0.25, 0.3) is 11.1 Å². The van der Waals surface area contributed by atoms with Crippen LogP contribution in [0.4, 0.5) is 0 Å². The van der Waals surface area contributed by atoms with Crippen LogP contribution in [0, 0.1) is 11.8 Å². The molecule has 188 valence electrons. The summed E-state index contributed by atoms with van der Waals surface area (Å²) in [7, 11) is 0. The van der Waals surface area contributed by atoms with Crippen LogP contribution in [0.5, 0.6) is 23.0 Å². The largest absolute Gasteiger partial charge is 0.508 e. The van der Waals surface area contributed by atoms with Crippen LogP contribution >= 0.6 is 0 Å². The predicted octanol–water partition coefficient (Wildman–Crippen LogP) is 6.52. The van der Waals surface area contributed by atoms with Crippen molar-refractivity contribution < 1.29 is 19.7 Å². The molecule has 0 bridgehead atoms. The summed E-state index contributed by atoms with van der Waals surface area (Å²) >= 11 is 0. The normalized spacial score (nSPS) is 22.7. The fourth-order valence-electron chi connectivity index (χ4n) is 5.31. The smallest absolute Gasteiger partial charge is 0.150 e. The number of ether oxygens (including phenoxy) is 2. The number of benzene rings is 3. The Bertz CT molecular complexity index is 1260. The second-order valence-electron chi connectivity index (χ2n) is 10.4. The number of aromatic hydroxyl groups is 2. The molecule has 2 unspecified atom stereocenters. The second-order valence-corrected chi connectivity index (χ2v) is 10.4. The van der Waals surface area contributed by atoms with Gasteiger partial charge in [-0.3, -0.25) is 4.90 Å². The number of hydrogen-bond donors (Lipinski definition) is 2. The summed E-state index contributed by atoms with van der Waals surface area (Å²) < 4.78 is 12.6. The SMILES string of the molecule is CC1=C(c2cccc(O)c2)C(c2ccc(OCC(C)N3C[C@H](C)[C@@H](C)C3)cc2)Oc2ccc(O)cc21. The van der Waals surface area contributed by atoms with Gasteiger partial charge in [0.1, 0.15) is 35.7 Å². The van der Waals surface area contributed by atoms with E-state index in [2.05, 4.69) is 25.7 Å². The van der Waals surface area contributed by atoms with E-state index in [1.165, 1.54) is 0 Å². The Morgan fingerprint density at radius 2 is 1.64 bits per heavy atom. The number of phenolic OH excluding ortho intramolecular Hbond substituents is 2. The van der Waals surface area contributed by atoms with Crippen molar-refractivity contribution in [2.75, 3.05) is 19.7 Å². The molecule has 2 aliphatic rings. The molecule has 4 atom stereocenters. The van der Waals surface area contributed by atoms with E-state index in [-0.39, 0.29) is 17.6 Å². The van der Waals surface area contributed by atoms with E-state index < -0.39 is 0 Å². The van der Waals surface area contributed by atoms with Crippen molar-refractivity contribution in [2.24, 2.45) is 11.8 Å². The summed E-state index contributed by atoms with van der Waals surface area (Å²) in [5, 5.41) is 20.2. The van der Waals surface area contributed by atoms with Gasteiger partial charge in [0.05, 0.1) is 0 Å². The molecule has 5 heteroatoms. The lowest BCUT2D eigenvalue weighted by atomic mass is 9.86. The van der Waals surface area contributed by atoms with E-state index in [4.69, 9.17) is 9.47 Å². The lowest BCUT2D eigenvalue weighted by molar-refractivity contribution is 0.167. The Balaban J connectivity index is 1.39. The van der Waals surface area contributed by atoms with Crippen LogP contribution in [-0.2, 0) is 0 Å². The van der Waals surface area contributed by atoms with Gasteiger partial charge in [-0.1, -0.05) is 38.1 Å². The zero-order chi connectivity index (χ0) is 25.4. The summed E-state index contributed by atoms with van der Waals surface area (Å²) in [6.07, 6.45) is -0.357. The van der Waals surface area contributed by atoms with Gasteiger partial charge in [0, 0.05) is 30.3 Å². The van der Waals surface area contributed by atoms with Gasteiger partial charge in [-0.25, -0.2) is 0 Å². The van der Waals surface area contributed by atoms with Crippen LogP contribution < -0.4 is 9.47 Å². The van der Waals surface area contributed by atoms with Gasteiger partial charge in [0.15, 0.2) is 0 Å². The first-order valence-corrected chi connectivity index (χ1v) is 12.8. The molecule has 1 fully saturated rings. The predicted molar refractivity (Wildman–Crippen MR) is 143 cm³/mol. The second kappa shape index (κ2) is 9.90. The zero-order valence-corrected chi connectivity index (χ0v) is 21.4. The third kappa shape index (κ3) is 4.80. The molecule has 2 N–H and O–H groups in total. The topological polar surface area (TPSA) is 62.2 Å². The van der Waals surface area contributed by atoms with Crippen molar-refractivity contribution in [1.82, 2.24) is 4.90 Å². The molecule has 2 aliphatic heterocycles. The molecule has 0 aromatic heterocycles. The maximum Gasteiger partial charge on any atom is 0.150 e. The molecule has 0 saturated carbocycles. The van der Waals surface area contributed by atoms with Gasteiger partial charge in [0.25, 0.3) is 0 Å². The van der Waals surface area contributed by atoms with Crippen molar-refractivity contribution in [2.45, 2.75) is 39.8 Å². The summed E-state index contributed by atoms with van der Waals surface area (Å²) in [4.78, 5) is 2.52. The van der Waals surface area contributed by atoms with Gasteiger partial charge in [0.2, 0.25) is 0 Å². The minimum absolute atomic E-state index is 0.194. The fourth-order valence-corrected chi connectivity index (χ4v) is 5.31. The third-order valence-electron chi connectivity index (χ3n) is 7.75. The van der Waals surface area contributed by atoms with Gasteiger partial charge >= 0.3 is 0 Å². The van der Waals surface area contributed by atoms with Crippen molar-refractivity contribution in [3.8, 4) is 23.0 Å². The summed E-state index contributed by atoms with van der Waals surface area (Å²) in [5.41, 5.74) is 4.70. The molecule has 5 nitrogen and oxygen atoms in total. The lowest BCUT2D eigenvalue weighted by Gasteiger charge is -2.31. The number of rotatable bonds is 6. The molecule has 1 saturated heterocycles. The number of likely N-dealkylation sites (tertiary alicyclic amines) is 1. The monoisotopic (exact) mass is 485 g/mol. The highest BCUT2D eigenvalue weighted by atomic mass is 16.5. The molecule has 0 spiro atoms. The average molecular weight is 486 g/mol. The van der Waals surface area contributed by atoms with Crippen molar-refractivity contribution in [3.05, 3.63) is 83.4 Å². The molecule has 0 amide bonds. The molecule has 0 radical (unpaired) electrons. The minimum atomic E-state index is -0.357. The molecule has 0 aliphatic carbocycles. The van der Waals surface area contributed by atoms with Crippen LogP contribution in [0.2, 0.25) is 0 Å². The minimum Gasteiger partial charge on any atom is -0.508 e. The summed E-state index contributed by atoms with van der Waals surface area (Å²) in [6, 6.07) is 20.9. The zero-order valence-electron chi connectivity index (χ0n) is 21.4. The third-order valence-corrected chi connectivity index (χ3v) is 7.75. The van der Waals surface area contributed by atoms with Crippen molar-refractivity contribution in [1.29, 1.82) is 0 Å². The first kappa shape index (κ1) is 24.3. The standard InChI is InChI=1S/C31H35NO4/c1-19-16-32(17-20(19)2)21(3)18-35-27-11-8-23(9-12-27)31-30(24-6-5-7-25(33)14-24)22(4)28-15-26(34)10-13-29(28)36-31/h5-15,19-21,31,33-34H,16-18H2,1-4H3/t19-,20-,21?,31?/m0/s1. The maximum atomic E-state index is 10.2. The van der Waals surface area contributed by atoms with Crippen molar-refractivity contribution in [3.63, 3.8) is 0 Å². The van der Waals surface area contributed by atoms with E-state index in [1.807, 2.05) is 43.3 Å². The Labute approximate surface area is 213 Å². The summed E-state index contributed by atoms with van der Waals surface area (Å²) in [5.74, 6) is 3.42. The molecular weight excluding hydrogens is 450 g/mol. The Morgan fingerprint density at radius 3 is 2.33 bits per heavy atom. The van der Waals surface area contributed by atoms with E-state index in [1.54, 1.807) is 30.3 Å². The number of nitrogens with zero attached hydrogens (tertiary/aromatic N) is 1. The fraction of sp³-hybridized carbons (Fsp3) is 0.355. The molecule has 3 aromatic rings. The highest BCUT2D eigenvalue weighted by Crippen LogP contribution is 2.47. The van der Waals surface area contributed by atoms with E-state index in [0.29, 0.717) is 12.6 Å². The number of fused-ring (bicyclic) bond motifs is 1. The number of allylic oxidation sites excluding steroid dienone is 1. The van der Waals surface area contributed by atoms with Crippen LogP contribution in [0.15, 0.2) is 66.7 Å². The average Bonchev–Trinajstić information content (AvgIpc) is 3.21. The maximum absolute atomic E-state index is 10.2. The van der Waals surface area contributed by atoms with Gasteiger partial charge in [-0.15, -0.1) is 0 Å². The number of phenols is 2. The molecule has 5 rings (SSSR count).